The minimum absolute atomic E-state index is 0.214. The van der Waals surface area contributed by atoms with Crippen molar-refractivity contribution >= 4 is 29.9 Å². The minimum atomic E-state index is -0.470. The van der Waals surface area contributed by atoms with Crippen LogP contribution >= 0.6 is 12.0 Å². The number of likely N-dealkylation sites (tertiary alicyclic amines) is 1. The highest BCUT2D eigenvalue weighted by Gasteiger charge is 2.31. The number of carbonyl (C=O) groups excluding carboxylic acids is 1. The molecule has 2 amide bonds. The molecule has 1 saturated heterocycles. The quantitative estimate of drug-likeness (QED) is 0.0822. The Kier molecular flexibility index (Phi) is 11.1. The Hall–Kier alpha value is -4.62. The number of rotatable bonds is 8. The first-order valence-electron chi connectivity index (χ1n) is 17.9. The number of urea groups is 1. The topological polar surface area (TPSA) is 133 Å². The molecule has 2 aliphatic rings. The maximum Gasteiger partial charge on any atom is 0.320 e. The molecule has 4 atom stereocenters. The van der Waals surface area contributed by atoms with Crippen LogP contribution in [0.4, 0.5) is 15.0 Å². The Morgan fingerprint density at radius 3 is 2.46 bits per heavy atom. The van der Waals surface area contributed by atoms with Crippen LogP contribution in [0.3, 0.4) is 0 Å². The van der Waals surface area contributed by atoms with E-state index in [-0.39, 0.29) is 46.8 Å². The van der Waals surface area contributed by atoms with Gasteiger partial charge in [0.05, 0.1) is 24.5 Å². The molecule has 11 nitrogen and oxygen atoms in total. The second-order valence-electron chi connectivity index (χ2n) is 14.7. The summed E-state index contributed by atoms with van der Waals surface area (Å²) in [6.45, 7) is 10.6. The molecule has 2 aromatic heterocycles. The highest BCUT2D eigenvalue weighted by Crippen LogP contribution is 2.39. The van der Waals surface area contributed by atoms with Crippen molar-refractivity contribution in [3.05, 3.63) is 101 Å². The van der Waals surface area contributed by atoms with Gasteiger partial charge in [-0.05, 0) is 99.0 Å². The summed E-state index contributed by atoms with van der Waals surface area (Å²) in [4.78, 5) is 15.7. The van der Waals surface area contributed by atoms with Crippen LogP contribution in [0, 0.1) is 16.6 Å². The lowest BCUT2D eigenvalue weighted by atomic mass is 9.85. The summed E-state index contributed by atoms with van der Waals surface area (Å²) in [5.74, 6) is 0.730. The Morgan fingerprint density at radius 2 is 1.75 bits per heavy atom. The standard InChI is InChI=1S/C39H49FN8O3S/c1-24-10-9-11-25(2)47(24)37(42)46-22-27(15-19-35(46)41)51-33-18-17-31(28-12-7-8-13-29(28)33)43-38(49)44-36-21-34(39(3,4)5)45-48(36)32-20-26(23-50-52-6)14-16-30(32)40/h7-8,12-16,19-22,24-25,31,33,41-42H,9-11,17-18,23H2,1-6H3,(H2,43,44,49)/t24-,25+,31-,33+/m0/s1. The third-order valence-corrected chi connectivity index (χ3v) is 10.3. The largest absolute Gasteiger partial charge is 0.484 e. The zero-order chi connectivity index (χ0) is 37.2. The SMILES string of the molecule is CSOCc1ccc(F)c(-n2nc(C(C)(C)C)cc2NC(=O)N[C@H]2CC[C@@H](Oc3ccc(=N)n(C(=N)N4[C@H](C)CCC[C@@H]4C)c3)c3ccccc32)c1. The number of nitrogens with zero attached hydrogens (tertiary/aromatic N) is 4. The second-order valence-corrected chi connectivity index (χ2v) is 15.3. The lowest BCUT2D eigenvalue weighted by Gasteiger charge is -2.41. The first-order chi connectivity index (χ1) is 24.8. The monoisotopic (exact) mass is 728 g/mol. The summed E-state index contributed by atoms with van der Waals surface area (Å²) in [6, 6.07) is 17.6. The lowest BCUT2D eigenvalue weighted by Crippen LogP contribution is -2.51. The summed E-state index contributed by atoms with van der Waals surface area (Å²) >= 11 is 1.23. The van der Waals surface area contributed by atoms with E-state index in [0.29, 0.717) is 36.7 Å². The summed E-state index contributed by atoms with van der Waals surface area (Å²) in [5, 5.41) is 28.4. The zero-order valence-corrected chi connectivity index (χ0v) is 31.5. The number of aromatic nitrogens is 3. The van der Waals surface area contributed by atoms with Gasteiger partial charge < -0.3 is 19.1 Å². The van der Waals surface area contributed by atoms with E-state index in [2.05, 4.69) is 29.4 Å². The van der Waals surface area contributed by atoms with Gasteiger partial charge in [-0.3, -0.25) is 20.7 Å². The predicted octanol–water partition coefficient (Wildman–Crippen LogP) is 8.21. The molecule has 0 radical (unpaired) electrons. The van der Waals surface area contributed by atoms with E-state index in [0.717, 1.165) is 36.0 Å². The fourth-order valence-corrected chi connectivity index (χ4v) is 7.40. The fourth-order valence-electron chi connectivity index (χ4n) is 7.14. The van der Waals surface area contributed by atoms with Crippen LogP contribution in [0.15, 0.2) is 66.9 Å². The number of halogens is 1. The molecule has 1 aliphatic heterocycles. The van der Waals surface area contributed by atoms with E-state index in [1.165, 1.54) is 22.8 Å². The Morgan fingerprint density at radius 1 is 1.02 bits per heavy atom. The molecule has 0 spiro atoms. The molecule has 1 fully saturated rings. The van der Waals surface area contributed by atoms with E-state index >= 15 is 4.39 Å². The average Bonchev–Trinajstić information content (AvgIpc) is 3.53. The summed E-state index contributed by atoms with van der Waals surface area (Å²) in [7, 11) is 0. The fraction of sp³-hybridized carbons (Fsp3) is 0.436. The highest BCUT2D eigenvalue weighted by atomic mass is 32.2. The number of carbonyl (C=O) groups is 1. The van der Waals surface area contributed by atoms with Crippen molar-refractivity contribution in [2.45, 2.75) is 103 Å². The molecule has 0 bridgehead atoms. The van der Waals surface area contributed by atoms with Crippen molar-refractivity contribution in [3.8, 4) is 11.4 Å². The number of ether oxygens (including phenoxy) is 1. The van der Waals surface area contributed by atoms with Gasteiger partial charge in [-0.25, -0.2) is 13.9 Å². The van der Waals surface area contributed by atoms with E-state index in [9.17, 15) is 4.79 Å². The van der Waals surface area contributed by atoms with Crippen molar-refractivity contribution in [1.29, 1.82) is 10.8 Å². The first-order valence-corrected chi connectivity index (χ1v) is 19.0. The normalized spacial score (nSPS) is 20.2. The molecule has 4 aromatic rings. The van der Waals surface area contributed by atoms with Crippen LogP contribution in [-0.2, 0) is 16.2 Å². The van der Waals surface area contributed by atoms with Crippen molar-refractivity contribution in [2.24, 2.45) is 0 Å². The van der Waals surface area contributed by atoms with E-state index in [1.54, 1.807) is 41.1 Å². The van der Waals surface area contributed by atoms with Crippen LogP contribution in [-0.4, -0.2) is 49.6 Å². The number of nitrogens with one attached hydrogen (secondary N) is 4. The summed E-state index contributed by atoms with van der Waals surface area (Å²) in [5.41, 5.74) is 3.46. The Labute approximate surface area is 309 Å². The third-order valence-electron chi connectivity index (χ3n) is 9.91. The smallest absolute Gasteiger partial charge is 0.320 e. The number of benzene rings is 2. The molecule has 3 heterocycles. The highest BCUT2D eigenvalue weighted by molar-refractivity contribution is 7.93. The summed E-state index contributed by atoms with van der Waals surface area (Å²) in [6.07, 6.45) is 7.69. The van der Waals surface area contributed by atoms with Crippen LogP contribution < -0.4 is 20.9 Å². The van der Waals surface area contributed by atoms with Gasteiger partial charge in [0.2, 0.25) is 5.96 Å². The average molecular weight is 729 g/mol. The van der Waals surface area contributed by atoms with Crippen LogP contribution in [0.5, 0.6) is 5.75 Å². The molecule has 4 N–H and O–H groups in total. The van der Waals surface area contributed by atoms with Gasteiger partial charge >= 0.3 is 6.03 Å². The number of anilines is 1. The number of hydrogen-bond donors (Lipinski definition) is 4. The molecule has 13 heteroatoms. The molecule has 1 aliphatic carbocycles. The first kappa shape index (κ1) is 37.1. The third kappa shape index (κ3) is 8.05. The van der Waals surface area contributed by atoms with E-state index in [4.69, 9.17) is 24.8 Å². The summed E-state index contributed by atoms with van der Waals surface area (Å²) < 4.78 is 30.3. The van der Waals surface area contributed by atoms with Crippen molar-refractivity contribution in [3.63, 3.8) is 0 Å². The van der Waals surface area contributed by atoms with Crippen LogP contribution in [0.1, 0.15) is 101 Å². The molecule has 0 saturated carbocycles. The van der Waals surface area contributed by atoms with Crippen LogP contribution in [0.25, 0.3) is 5.69 Å². The molecular formula is C39H49FN8O3S. The van der Waals surface area contributed by atoms with Gasteiger partial charge in [-0.15, -0.1) is 0 Å². The molecule has 52 heavy (non-hydrogen) atoms. The van der Waals surface area contributed by atoms with Gasteiger partial charge in [0.15, 0.2) is 0 Å². The lowest BCUT2D eigenvalue weighted by molar-refractivity contribution is 0.170. The zero-order valence-electron chi connectivity index (χ0n) is 30.7. The van der Waals surface area contributed by atoms with Gasteiger partial charge in [-0.2, -0.15) is 5.10 Å². The molecule has 276 valence electrons. The van der Waals surface area contributed by atoms with Gasteiger partial charge in [-0.1, -0.05) is 51.1 Å². The molecule has 2 aromatic carbocycles. The Bertz CT molecular complexity index is 1980. The number of pyridine rings is 1. The van der Waals surface area contributed by atoms with E-state index < -0.39 is 11.8 Å². The number of fused-ring (bicyclic) bond motifs is 1. The minimum Gasteiger partial charge on any atom is -0.484 e. The van der Waals surface area contributed by atoms with Crippen LogP contribution in [0.2, 0.25) is 0 Å². The molecule has 0 unspecified atom stereocenters. The van der Waals surface area contributed by atoms with Crippen molar-refractivity contribution < 1.29 is 18.1 Å². The van der Waals surface area contributed by atoms with E-state index in [1.807, 2.05) is 51.3 Å². The number of amides is 2. The maximum atomic E-state index is 15.3. The van der Waals surface area contributed by atoms with Crippen molar-refractivity contribution in [1.82, 2.24) is 24.6 Å². The predicted molar refractivity (Wildman–Crippen MR) is 202 cm³/mol. The molecular weight excluding hydrogens is 680 g/mol. The van der Waals surface area contributed by atoms with Gasteiger partial charge in [0, 0.05) is 29.8 Å². The van der Waals surface area contributed by atoms with Gasteiger partial charge in [0.25, 0.3) is 0 Å². The number of piperidine rings is 1. The second kappa shape index (κ2) is 15.5. The van der Waals surface area contributed by atoms with Crippen molar-refractivity contribution in [2.75, 3.05) is 11.6 Å². The Balaban J connectivity index is 1.20. The maximum absolute atomic E-state index is 15.3. The molecule has 6 rings (SSSR count). The number of hydrogen-bond acceptors (Lipinski definition) is 7. The van der Waals surface area contributed by atoms with Gasteiger partial charge in [0.1, 0.15) is 34.7 Å².